The van der Waals surface area contributed by atoms with E-state index in [-0.39, 0.29) is 0 Å². The monoisotopic (exact) mass is 226 g/mol. The lowest BCUT2D eigenvalue weighted by molar-refractivity contribution is 0.105. The van der Waals surface area contributed by atoms with Gasteiger partial charge in [-0.15, -0.1) is 0 Å². The van der Waals surface area contributed by atoms with Gasteiger partial charge in [-0.1, -0.05) is 0 Å². The predicted octanol–water partition coefficient (Wildman–Crippen LogP) is 0.632. The van der Waals surface area contributed by atoms with Crippen LogP contribution in [0, 0.1) is 0 Å². The van der Waals surface area contributed by atoms with Crippen LogP contribution < -0.4 is 20.9 Å². The van der Waals surface area contributed by atoms with Gasteiger partial charge in [-0.3, -0.25) is 0 Å². The molecular formula is C11H18N2O3. The molecule has 0 radical (unpaired) electrons. The van der Waals surface area contributed by atoms with Crippen LogP contribution >= 0.6 is 0 Å². The Hall–Kier alpha value is -1.46. The number of ether oxygens (including phenoxy) is 3. The Kier molecular flexibility index (Phi) is 5.45. The molecule has 1 aromatic rings. The van der Waals surface area contributed by atoms with Crippen LogP contribution in [0.1, 0.15) is 0 Å². The van der Waals surface area contributed by atoms with E-state index in [1.165, 1.54) is 0 Å². The lowest BCUT2D eigenvalue weighted by atomic mass is 10.3. The largest absolute Gasteiger partial charge is 0.493 e. The second-order valence-corrected chi connectivity index (χ2v) is 3.16. The summed E-state index contributed by atoms with van der Waals surface area (Å²) in [6.45, 7) is 1.99. The van der Waals surface area contributed by atoms with E-state index < -0.39 is 0 Å². The molecule has 0 unspecified atom stereocenters. The highest BCUT2D eigenvalue weighted by molar-refractivity contribution is 5.51. The average molecular weight is 226 g/mol. The molecule has 0 fully saturated rings. The van der Waals surface area contributed by atoms with Crippen LogP contribution in [0.4, 0.5) is 5.69 Å². The Bertz CT molecular complexity index is 318. The van der Waals surface area contributed by atoms with Gasteiger partial charge in [0.05, 0.1) is 20.3 Å². The van der Waals surface area contributed by atoms with Gasteiger partial charge >= 0.3 is 0 Å². The third kappa shape index (κ3) is 3.96. The van der Waals surface area contributed by atoms with Gasteiger partial charge in [0.2, 0.25) is 0 Å². The van der Waals surface area contributed by atoms with E-state index in [1.807, 2.05) is 0 Å². The van der Waals surface area contributed by atoms with Crippen LogP contribution in [0.2, 0.25) is 0 Å². The topological polar surface area (TPSA) is 79.7 Å². The van der Waals surface area contributed by atoms with Crippen molar-refractivity contribution in [1.29, 1.82) is 0 Å². The van der Waals surface area contributed by atoms with Crippen LogP contribution in [0.15, 0.2) is 18.2 Å². The smallest absolute Gasteiger partial charge is 0.163 e. The highest BCUT2D eigenvalue weighted by Gasteiger charge is 2.04. The normalized spacial score (nSPS) is 10.1. The SMILES string of the molecule is COc1ccc(N)cc1OCCOCCN. The predicted molar refractivity (Wildman–Crippen MR) is 62.8 cm³/mol. The van der Waals surface area contributed by atoms with Gasteiger partial charge in [0.15, 0.2) is 11.5 Å². The molecule has 16 heavy (non-hydrogen) atoms. The van der Waals surface area contributed by atoms with Gasteiger partial charge in [-0.2, -0.15) is 0 Å². The third-order valence-corrected chi connectivity index (χ3v) is 1.94. The number of nitrogens with two attached hydrogens (primary N) is 2. The Morgan fingerprint density at radius 1 is 1.12 bits per heavy atom. The fourth-order valence-electron chi connectivity index (χ4n) is 1.20. The second kappa shape index (κ2) is 6.92. The van der Waals surface area contributed by atoms with E-state index in [4.69, 9.17) is 25.7 Å². The van der Waals surface area contributed by atoms with Crippen molar-refractivity contribution in [2.45, 2.75) is 0 Å². The van der Waals surface area contributed by atoms with Crippen molar-refractivity contribution in [3.8, 4) is 11.5 Å². The quantitative estimate of drug-likeness (QED) is 0.526. The van der Waals surface area contributed by atoms with E-state index in [0.717, 1.165) is 0 Å². The zero-order valence-corrected chi connectivity index (χ0v) is 9.44. The van der Waals surface area contributed by atoms with Crippen molar-refractivity contribution in [2.75, 3.05) is 39.2 Å². The standard InChI is InChI=1S/C11H18N2O3/c1-14-10-3-2-9(13)8-11(10)16-7-6-15-5-4-12/h2-3,8H,4-7,12-13H2,1H3. The summed E-state index contributed by atoms with van der Waals surface area (Å²) < 4.78 is 15.8. The molecule has 0 spiro atoms. The molecule has 1 rings (SSSR count). The van der Waals surface area contributed by atoms with Crippen molar-refractivity contribution < 1.29 is 14.2 Å². The summed E-state index contributed by atoms with van der Waals surface area (Å²) in [4.78, 5) is 0. The van der Waals surface area contributed by atoms with Crippen molar-refractivity contribution in [3.05, 3.63) is 18.2 Å². The zero-order valence-electron chi connectivity index (χ0n) is 9.44. The van der Waals surface area contributed by atoms with E-state index in [1.54, 1.807) is 25.3 Å². The van der Waals surface area contributed by atoms with Crippen LogP contribution in [0.5, 0.6) is 11.5 Å². The van der Waals surface area contributed by atoms with E-state index >= 15 is 0 Å². The second-order valence-electron chi connectivity index (χ2n) is 3.16. The first-order valence-electron chi connectivity index (χ1n) is 5.12. The summed E-state index contributed by atoms with van der Waals surface area (Å²) in [5.74, 6) is 1.28. The van der Waals surface area contributed by atoms with Gasteiger partial charge in [0, 0.05) is 18.3 Å². The summed E-state index contributed by atoms with van der Waals surface area (Å²) in [7, 11) is 1.59. The Labute approximate surface area is 95.3 Å². The molecule has 1 aromatic carbocycles. The van der Waals surface area contributed by atoms with E-state index in [9.17, 15) is 0 Å². The number of rotatable bonds is 7. The molecule has 0 atom stereocenters. The van der Waals surface area contributed by atoms with Crippen LogP contribution in [-0.4, -0.2) is 33.5 Å². The molecule has 0 aromatic heterocycles. The summed E-state index contributed by atoms with van der Waals surface area (Å²) in [5.41, 5.74) is 11.6. The van der Waals surface area contributed by atoms with Crippen molar-refractivity contribution in [2.24, 2.45) is 5.73 Å². The summed E-state index contributed by atoms with van der Waals surface area (Å²) >= 11 is 0. The van der Waals surface area contributed by atoms with Gasteiger partial charge < -0.3 is 25.7 Å². The molecule has 90 valence electrons. The van der Waals surface area contributed by atoms with Crippen molar-refractivity contribution in [3.63, 3.8) is 0 Å². The molecular weight excluding hydrogens is 208 g/mol. The molecule has 0 bridgehead atoms. The van der Waals surface area contributed by atoms with Crippen molar-refractivity contribution >= 4 is 5.69 Å². The number of hydrogen-bond donors (Lipinski definition) is 2. The molecule has 0 aliphatic rings. The molecule has 5 heteroatoms. The average Bonchev–Trinajstić information content (AvgIpc) is 2.29. The van der Waals surface area contributed by atoms with Crippen LogP contribution in [-0.2, 0) is 4.74 Å². The molecule has 0 saturated heterocycles. The molecule has 0 heterocycles. The van der Waals surface area contributed by atoms with Gasteiger partial charge in [0.25, 0.3) is 0 Å². The minimum Gasteiger partial charge on any atom is -0.493 e. The van der Waals surface area contributed by atoms with E-state index in [0.29, 0.717) is 43.6 Å². The van der Waals surface area contributed by atoms with Gasteiger partial charge in [-0.05, 0) is 12.1 Å². The molecule has 4 N–H and O–H groups in total. The number of hydrogen-bond acceptors (Lipinski definition) is 5. The number of anilines is 1. The van der Waals surface area contributed by atoms with Crippen LogP contribution in [0.25, 0.3) is 0 Å². The third-order valence-electron chi connectivity index (χ3n) is 1.94. The summed E-state index contributed by atoms with van der Waals surface area (Å²) in [6, 6.07) is 5.25. The maximum atomic E-state index is 5.65. The number of methoxy groups -OCH3 is 1. The highest BCUT2D eigenvalue weighted by atomic mass is 16.5. The van der Waals surface area contributed by atoms with E-state index in [2.05, 4.69) is 0 Å². The Balaban J connectivity index is 2.42. The minimum absolute atomic E-state index is 0.444. The zero-order chi connectivity index (χ0) is 11.8. The molecule has 0 aliphatic carbocycles. The van der Waals surface area contributed by atoms with Gasteiger partial charge in [-0.25, -0.2) is 0 Å². The lowest BCUT2D eigenvalue weighted by Gasteiger charge is -2.11. The minimum atomic E-state index is 0.444. The fourth-order valence-corrected chi connectivity index (χ4v) is 1.20. The Morgan fingerprint density at radius 3 is 2.62 bits per heavy atom. The van der Waals surface area contributed by atoms with Crippen LogP contribution in [0.3, 0.4) is 0 Å². The maximum absolute atomic E-state index is 5.65. The summed E-state index contributed by atoms with van der Waals surface area (Å²) in [5, 5.41) is 0. The molecule has 0 aliphatic heterocycles. The first-order chi connectivity index (χ1) is 7.77. The summed E-state index contributed by atoms with van der Waals surface area (Å²) in [6.07, 6.45) is 0. The number of benzene rings is 1. The van der Waals surface area contributed by atoms with Crippen molar-refractivity contribution in [1.82, 2.24) is 0 Å². The highest BCUT2D eigenvalue weighted by Crippen LogP contribution is 2.28. The Morgan fingerprint density at radius 2 is 1.94 bits per heavy atom. The lowest BCUT2D eigenvalue weighted by Crippen LogP contribution is -2.13. The first kappa shape index (κ1) is 12.6. The molecule has 0 amide bonds. The van der Waals surface area contributed by atoms with Gasteiger partial charge in [0.1, 0.15) is 6.61 Å². The number of nitrogen functional groups attached to an aromatic ring is 1. The maximum Gasteiger partial charge on any atom is 0.163 e. The molecule has 0 saturated carbocycles. The molecule has 5 nitrogen and oxygen atoms in total. The fraction of sp³-hybridized carbons (Fsp3) is 0.455. The first-order valence-corrected chi connectivity index (χ1v) is 5.12.